The van der Waals surface area contributed by atoms with E-state index in [1.54, 1.807) is 0 Å². The molecule has 0 saturated heterocycles. The third-order valence-corrected chi connectivity index (χ3v) is 2.26. The molecule has 1 aromatic rings. The number of nitrogens with one attached hydrogen (secondary N) is 1. The average molecular weight is 246 g/mol. The predicted octanol–water partition coefficient (Wildman–Crippen LogP) is 2.29. The largest absolute Gasteiger partial charge is 0.357 e. The summed E-state index contributed by atoms with van der Waals surface area (Å²) < 4.78 is 13.3. The Labute approximate surface area is 98.2 Å². The number of hydrogen-bond acceptors (Lipinski definition) is 4. The fraction of sp³-hybridized carbons (Fsp3) is 0.500. The van der Waals surface area contributed by atoms with Crippen molar-refractivity contribution in [1.29, 1.82) is 0 Å². The lowest BCUT2D eigenvalue weighted by Crippen LogP contribution is -2.36. The van der Waals surface area contributed by atoms with Crippen molar-refractivity contribution in [1.82, 2.24) is 9.97 Å². The SMILES string of the molecule is CC(C)(C)[C@@H](C=O)Nc1nc(Cl)ncc1F. The van der Waals surface area contributed by atoms with E-state index in [2.05, 4.69) is 15.3 Å². The smallest absolute Gasteiger partial charge is 0.224 e. The van der Waals surface area contributed by atoms with Crippen LogP contribution in [0.15, 0.2) is 6.20 Å². The molecule has 1 aromatic heterocycles. The van der Waals surface area contributed by atoms with Crippen LogP contribution >= 0.6 is 11.6 Å². The summed E-state index contributed by atoms with van der Waals surface area (Å²) in [5.41, 5.74) is -0.342. The molecule has 0 aliphatic rings. The van der Waals surface area contributed by atoms with Crippen molar-refractivity contribution in [2.45, 2.75) is 26.8 Å². The predicted molar refractivity (Wildman–Crippen MR) is 59.9 cm³/mol. The summed E-state index contributed by atoms with van der Waals surface area (Å²) in [5.74, 6) is -0.701. The molecule has 0 saturated carbocycles. The van der Waals surface area contributed by atoms with Crippen LogP contribution in [0.3, 0.4) is 0 Å². The zero-order valence-electron chi connectivity index (χ0n) is 9.29. The van der Waals surface area contributed by atoms with E-state index in [1.807, 2.05) is 20.8 Å². The van der Waals surface area contributed by atoms with Crippen molar-refractivity contribution in [3.8, 4) is 0 Å². The number of aldehydes is 1. The van der Waals surface area contributed by atoms with E-state index in [0.717, 1.165) is 12.5 Å². The standard InChI is InChI=1S/C10H13ClFN3O/c1-10(2,3)7(5-16)14-8-6(12)4-13-9(11)15-8/h4-5,7H,1-3H3,(H,13,14,15)/t7-/m1/s1. The van der Waals surface area contributed by atoms with Gasteiger partial charge >= 0.3 is 0 Å². The molecule has 0 aliphatic carbocycles. The molecular weight excluding hydrogens is 233 g/mol. The van der Waals surface area contributed by atoms with E-state index < -0.39 is 11.9 Å². The number of aromatic nitrogens is 2. The zero-order valence-corrected chi connectivity index (χ0v) is 10.0. The number of nitrogens with zero attached hydrogens (tertiary/aromatic N) is 2. The van der Waals surface area contributed by atoms with Gasteiger partial charge in [0.1, 0.15) is 6.29 Å². The van der Waals surface area contributed by atoms with Crippen LogP contribution in [0.1, 0.15) is 20.8 Å². The highest BCUT2D eigenvalue weighted by Crippen LogP contribution is 2.22. The van der Waals surface area contributed by atoms with Gasteiger partial charge in [0.05, 0.1) is 12.2 Å². The van der Waals surface area contributed by atoms with E-state index in [9.17, 15) is 9.18 Å². The van der Waals surface area contributed by atoms with E-state index in [0.29, 0.717) is 0 Å². The molecule has 0 bridgehead atoms. The molecule has 6 heteroatoms. The Morgan fingerprint density at radius 2 is 2.19 bits per heavy atom. The molecule has 0 unspecified atom stereocenters. The van der Waals surface area contributed by atoms with Gasteiger partial charge in [-0.2, -0.15) is 4.98 Å². The minimum atomic E-state index is -0.638. The van der Waals surface area contributed by atoms with Crippen LogP contribution in [0, 0.1) is 11.2 Å². The summed E-state index contributed by atoms with van der Waals surface area (Å²) in [5, 5.41) is 2.63. The van der Waals surface area contributed by atoms with E-state index in [1.165, 1.54) is 0 Å². The highest BCUT2D eigenvalue weighted by molar-refractivity contribution is 6.28. The number of rotatable bonds is 3. The van der Waals surface area contributed by atoms with Crippen molar-refractivity contribution in [2.75, 3.05) is 5.32 Å². The molecule has 88 valence electrons. The maximum Gasteiger partial charge on any atom is 0.224 e. The van der Waals surface area contributed by atoms with Gasteiger partial charge in [-0.05, 0) is 17.0 Å². The first-order valence-electron chi connectivity index (χ1n) is 4.74. The summed E-state index contributed by atoms with van der Waals surface area (Å²) >= 11 is 5.54. The molecule has 4 nitrogen and oxygen atoms in total. The highest BCUT2D eigenvalue weighted by atomic mass is 35.5. The number of hydrogen-bond donors (Lipinski definition) is 1. The minimum Gasteiger partial charge on any atom is -0.357 e. The first-order chi connectivity index (χ1) is 7.34. The first-order valence-corrected chi connectivity index (χ1v) is 5.12. The number of carbonyl (C=O) groups is 1. The van der Waals surface area contributed by atoms with Gasteiger partial charge in [0.25, 0.3) is 0 Å². The van der Waals surface area contributed by atoms with Crippen LogP contribution in [0.25, 0.3) is 0 Å². The molecule has 1 atom stereocenters. The number of anilines is 1. The molecule has 1 rings (SSSR count). The summed E-state index contributed by atoms with van der Waals surface area (Å²) in [4.78, 5) is 18.1. The van der Waals surface area contributed by atoms with Crippen molar-refractivity contribution in [2.24, 2.45) is 5.41 Å². The Bertz CT molecular complexity index is 392. The zero-order chi connectivity index (χ0) is 12.3. The van der Waals surface area contributed by atoms with Crippen LogP contribution in [0.4, 0.5) is 10.2 Å². The lowest BCUT2D eigenvalue weighted by molar-refractivity contribution is -0.110. The van der Waals surface area contributed by atoms with Gasteiger partial charge in [0, 0.05) is 0 Å². The van der Waals surface area contributed by atoms with Gasteiger partial charge in [0.15, 0.2) is 11.6 Å². The fourth-order valence-corrected chi connectivity index (χ4v) is 1.18. The fourth-order valence-electron chi connectivity index (χ4n) is 1.05. The van der Waals surface area contributed by atoms with Gasteiger partial charge in [-0.3, -0.25) is 0 Å². The van der Waals surface area contributed by atoms with E-state index in [-0.39, 0.29) is 16.5 Å². The molecule has 0 amide bonds. The molecule has 1 N–H and O–H groups in total. The molecule has 16 heavy (non-hydrogen) atoms. The Morgan fingerprint density at radius 3 is 2.69 bits per heavy atom. The van der Waals surface area contributed by atoms with Crippen molar-refractivity contribution in [3.63, 3.8) is 0 Å². The Hall–Kier alpha value is -1.23. The van der Waals surface area contributed by atoms with Crippen LogP contribution in [0.2, 0.25) is 5.28 Å². The lowest BCUT2D eigenvalue weighted by Gasteiger charge is -2.27. The van der Waals surface area contributed by atoms with E-state index >= 15 is 0 Å². The van der Waals surface area contributed by atoms with Crippen molar-refractivity contribution >= 4 is 23.7 Å². The van der Waals surface area contributed by atoms with Crippen LogP contribution < -0.4 is 5.32 Å². The maximum atomic E-state index is 13.3. The second kappa shape index (κ2) is 4.74. The second-order valence-corrected chi connectivity index (χ2v) is 4.80. The molecule has 0 spiro atoms. The summed E-state index contributed by atoms with van der Waals surface area (Å²) in [6, 6.07) is -0.548. The topological polar surface area (TPSA) is 54.9 Å². The van der Waals surface area contributed by atoms with E-state index in [4.69, 9.17) is 11.6 Å². The van der Waals surface area contributed by atoms with Gasteiger partial charge in [0.2, 0.25) is 5.28 Å². The summed E-state index contributed by atoms with van der Waals surface area (Å²) in [6.07, 6.45) is 1.68. The first kappa shape index (κ1) is 12.8. The minimum absolute atomic E-state index is 0.0629. The second-order valence-electron chi connectivity index (χ2n) is 4.46. The van der Waals surface area contributed by atoms with Crippen LogP contribution in [-0.4, -0.2) is 22.3 Å². The van der Waals surface area contributed by atoms with Gasteiger partial charge < -0.3 is 10.1 Å². The third kappa shape index (κ3) is 3.13. The van der Waals surface area contributed by atoms with Gasteiger partial charge in [-0.1, -0.05) is 20.8 Å². The number of halogens is 2. The lowest BCUT2D eigenvalue weighted by atomic mass is 9.88. The quantitative estimate of drug-likeness (QED) is 0.656. The number of carbonyl (C=O) groups excluding carboxylic acids is 1. The normalized spacial score (nSPS) is 13.3. The summed E-state index contributed by atoms with van der Waals surface area (Å²) in [7, 11) is 0. The molecule has 0 fully saturated rings. The average Bonchev–Trinajstić information content (AvgIpc) is 2.17. The van der Waals surface area contributed by atoms with Crippen molar-refractivity contribution < 1.29 is 9.18 Å². The van der Waals surface area contributed by atoms with Crippen LogP contribution in [-0.2, 0) is 4.79 Å². The molecule has 0 aromatic carbocycles. The molecule has 0 radical (unpaired) electrons. The molecule has 1 heterocycles. The Morgan fingerprint density at radius 1 is 1.56 bits per heavy atom. The van der Waals surface area contributed by atoms with Gasteiger partial charge in [-0.15, -0.1) is 0 Å². The van der Waals surface area contributed by atoms with Crippen LogP contribution in [0.5, 0.6) is 0 Å². The van der Waals surface area contributed by atoms with Gasteiger partial charge in [-0.25, -0.2) is 9.37 Å². The third-order valence-electron chi connectivity index (χ3n) is 2.08. The highest BCUT2D eigenvalue weighted by Gasteiger charge is 2.25. The molecule has 0 aliphatic heterocycles. The molecular formula is C10H13ClFN3O. The van der Waals surface area contributed by atoms with Crippen molar-refractivity contribution in [3.05, 3.63) is 17.3 Å². The Kier molecular flexibility index (Phi) is 3.80. The maximum absolute atomic E-state index is 13.3. The Balaban J connectivity index is 2.94. The summed E-state index contributed by atoms with van der Waals surface area (Å²) in [6.45, 7) is 5.58. The monoisotopic (exact) mass is 245 g/mol.